The van der Waals surface area contributed by atoms with Crippen LogP contribution in [-0.4, -0.2) is 44.5 Å². The van der Waals surface area contributed by atoms with Crippen LogP contribution in [0.1, 0.15) is 17.3 Å². The molecule has 1 atom stereocenters. The standard InChI is InChI=1S/C14H20N2O5/c1-9(8-20-2)7-15-14(19)16-12-5-4-10(21-3)6-11(12)13(17)18/h4-6,9H,7-8H2,1-3H3,(H,17,18)(H2,15,16,19). The minimum Gasteiger partial charge on any atom is -0.497 e. The van der Waals surface area contributed by atoms with Crippen LogP contribution in [0.15, 0.2) is 18.2 Å². The molecule has 21 heavy (non-hydrogen) atoms. The summed E-state index contributed by atoms with van der Waals surface area (Å²) < 4.78 is 9.93. The molecule has 3 N–H and O–H groups in total. The Bertz CT molecular complexity index is 504. The smallest absolute Gasteiger partial charge is 0.337 e. The number of urea groups is 1. The fourth-order valence-corrected chi connectivity index (χ4v) is 1.71. The van der Waals surface area contributed by atoms with E-state index >= 15 is 0 Å². The largest absolute Gasteiger partial charge is 0.497 e. The molecule has 1 unspecified atom stereocenters. The average molecular weight is 296 g/mol. The van der Waals surface area contributed by atoms with Crippen molar-refractivity contribution in [3.05, 3.63) is 23.8 Å². The molecule has 7 heteroatoms. The molecule has 0 bridgehead atoms. The van der Waals surface area contributed by atoms with Crippen molar-refractivity contribution in [3.8, 4) is 5.75 Å². The molecular weight excluding hydrogens is 276 g/mol. The summed E-state index contributed by atoms with van der Waals surface area (Å²) in [5.74, 6) is -0.570. The van der Waals surface area contributed by atoms with Crippen LogP contribution in [0.25, 0.3) is 0 Å². The molecule has 1 aromatic rings. The lowest BCUT2D eigenvalue weighted by molar-refractivity contribution is 0.0697. The van der Waals surface area contributed by atoms with E-state index in [1.54, 1.807) is 13.2 Å². The van der Waals surface area contributed by atoms with Gasteiger partial charge in [-0.3, -0.25) is 0 Å². The molecule has 0 fully saturated rings. The Labute approximate surface area is 123 Å². The molecule has 0 saturated carbocycles. The van der Waals surface area contributed by atoms with Crippen LogP contribution >= 0.6 is 0 Å². The van der Waals surface area contributed by atoms with Gasteiger partial charge in [0.1, 0.15) is 5.75 Å². The minimum absolute atomic E-state index is 0.0329. The van der Waals surface area contributed by atoms with Gasteiger partial charge < -0.3 is 25.2 Å². The maximum Gasteiger partial charge on any atom is 0.337 e. The van der Waals surface area contributed by atoms with Crippen molar-refractivity contribution >= 4 is 17.7 Å². The summed E-state index contributed by atoms with van der Waals surface area (Å²) in [5, 5.41) is 14.3. The lowest BCUT2D eigenvalue weighted by atomic mass is 10.1. The second-order valence-electron chi connectivity index (χ2n) is 4.61. The summed E-state index contributed by atoms with van der Waals surface area (Å²) in [6, 6.07) is 3.95. The van der Waals surface area contributed by atoms with E-state index in [1.165, 1.54) is 19.2 Å². The highest BCUT2D eigenvalue weighted by atomic mass is 16.5. The van der Waals surface area contributed by atoms with Gasteiger partial charge in [-0.1, -0.05) is 6.92 Å². The van der Waals surface area contributed by atoms with Gasteiger partial charge in [-0.05, 0) is 24.1 Å². The first kappa shape index (κ1) is 16.8. The zero-order valence-electron chi connectivity index (χ0n) is 12.3. The van der Waals surface area contributed by atoms with Crippen LogP contribution in [0.5, 0.6) is 5.75 Å². The van der Waals surface area contributed by atoms with E-state index in [0.29, 0.717) is 18.9 Å². The molecule has 0 aliphatic heterocycles. The number of hydrogen-bond donors (Lipinski definition) is 3. The molecule has 2 amide bonds. The van der Waals surface area contributed by atoms with Crippen molar-refractivity contribution in [1.82, 2.24) is 5.32 Å². The number of aromatic carboxylic acids is 1. The number of carbonyl (C=O) groups excluding carboxylic acids is 1. The number of hydrogen-bond acceptors (Lipinski definition) is 4. The molecule has 1 aromatic carbocycles. The summed E-state index contributed by atoms with van der Waals surface area (Å²) in [6.07, 6.45) is 0. The van der Waals surface area contributed by atoms with Crippen molar-refractivity contribution in [3.63, 3.8) is 0 Å². The highest BCUT2D eigenvalue weighted by Gasteiger charge is 2.14. The number of carbonyl (C=O) groups is 2. The van der Waals surface area contributed by atoms with Crippen LogP contribution in [0.4, 0.5) is 10.5 Å². The lowest BCUT2D eigenvalue weighted by Crippen LogP contribution is -2.33. The molecule has 0 heterocycles. The monoisotopic (exact) mass is 296 g/mol. The normalized spacial score (nSPS) is 11.6. The van der Waals surface area contributed by atoms with E-state index in [2.05, 4.69) is 10.6 Å². The number of anilines is 1. The molecule has 1 rings (SSSR count). The summed E-state index contributed by atoms with van der Waals surface area (Å²) in [4.78, 5) is 22.9. The lowest BCUT2D eigenvalue weighted by Gasteiger charge is -2.13. The van der Waals surface area contributed by atoms with Gasteiger partial charge in [0.2, 0.25) is 0 Å². The predicted octanol–water partition coefficient (Wildman–Crippen LogP) is 1.80. The summed E-state index contributed by atoms with van der Waals surface area (Å²) >= 11 is 0. The van der Waals surface area contributed by atoms with Gasteiger partial charge in [0, 0.05) is 13.7 Å². The number of amides is 2. The zero-order chi connectivity index (χ0) is 15.8. The topological polar surface area (TPSA) is 96.9 Å². The van der Waals surface area contributed by atoms with Gasteiger partial charge in [-0.15, -0.1) is 0 Å². The maximum atomic E-state index is 11.8. The van der Waals surface area contributed by atoms with Crippen molar-refractivity contribution in [1.29, 1.82) is 0 Å². The molecule has 0 aliphatic rings. The van der Waals surface area contributed by atoms with Gasteiger partial charge in [-0.25, -0.2) is 9.59 Å². The summed E-state index contributed by atoms with van der Waals surface area (Å²) in [7, 11) is 3.03. The third kappa shape index (κ3) is 5.31. The highest BCUT2D eigenvalue weighted by Crippen LogP contribution is 2.22. The Hall–Kier alpha value is -2.28. The van der Waals surface area contributed by atoms with E-state index < -0.39 is 12.0 Å². The van der Waals surface area contributed by atoms with Gasteiger partial charge in [0.15, 0.2) is 0 Å². The Morgan fingerprint density at radius 2 is 2.05 bits per heavy atom. The Balaban J connectivity index is 2.69. The Kier molecular flexibility index (Phi) is 6.48. The van der Waals surface area contributed by atoms with E-state index in [0.717, 1.165) is 0 Å². The predicted molar refractivity (Wildman–Crippen MR) is 78.0 cm³/mol. The van der Waals surface area contributed by atoms with Crippen LogP contribution in [0.3, 0.4) is 0 Å². The molecule has 0 saturated heterocycles. The second kappa shape index (κ2) is 8.11. The third-order valence-corrected chi connectivity index (χ3v) is 2.77. The number of nitrogens with one attached hydrogen (secondary N) is 2. The Morgan fingerprint density at radius 1 is 1.33 bits per heavy atom. The molecule has 7 nitrogen and oxygen atoms in total. The summed E-state index contributed by atoms with van der Waals surface area (Å²) in [6.45, 7) is 2.89. The number of carboxylic acids is 1. The van der Waals surface area contributed by atoms with E-state index in [-0.39, 0.29) is 17.2 Å². The number of ether oxygens (including phenoxy) is 2. The van der Waals surface area contributed by atoms with Crippen LogP contribution < -0.4 is 15.4 Å². The second-order valence-corrected chi connectivity index (χ2v) is 4.61. The first-order valence-corrected chi connectivity index (χ1v) is 6.43. The highest BCUT2D eigenvalue weighted by molar-refractivity contribution is 6.00. The third-order valence-electron chi connectivity index (χ3n) is 2.77. The van der Waals surface area contributed by atoms with Crippen molar-refractivity contribution < 1.29 is 24.2 Å². The SMILES string of the molecule is COCC(C)CNC(=O)Nc1ccc(OC)cc1C(=O)O. The number of methoxy groups -OCH3 is 2. The first-order chi connectivity index (χ1) is 9.97. The van der Waals surface area contributed by atoms with E-state index in [1.807, 2.05) is 6.92 Å². The Morgan fingerprint density at radius 3 is 2.62 bits per heavy atom. The van der Waals surface area contributed by atoms with Gasteiger partial charge in [-0.2, -0.15) is 0 Å². The molecule has 0 spiro atoms. The fraction of sp³-hybridized carbons (Fsp3) is 0.429. The maximum absolute atomic E-state index is 11.8. The minimum atomic E-state index is -1.14. The van der Waals surface area contributed by atoms with Gasteiger partial charge in [0.05, 0.1) is 25.0 Å². The van der Waals surface area contributed by atoms with Crippen LogP contribution in [0, 0.1) is 5.92 Å². The fourth-order valence-electron chi connectivity index (χ4n) is 1.71. The van der Waals surface area contributed by atoms with Crippen molar-refractivity contribution in [2.24, 2.45) is 5.92 Å². The zero-order valence-corrected chi connectivity index (χ0v) is 12.3. The molecular formula is C14H20N2O5. The van der Waals surface area contributed by atoms with Gasteiger partial charge >= 0.3 is 12.0 Å². The number of benzene rings is 1. The molecule has 116 valence electrons. The van der Waals surface area contributed by atoms with Crippen molar-refractivity contribution in [2.75, 3.05) is 32.7 Å². The van der Waals surface area contributed by atoms with E-state index in [9.17, 15) is 9.59 Å². The van der Waals surface area contributed by atoms with E-state index in [4.69, 9.17) is 14.6 Å². The van der Waals surface area contributed by atoms with Gasteiger partial charge in [0.25, 0.3) is 0 Å². The quantitative estimate of drug-likeness (QED) is 0.713. The first-order valence-electron chi connectivity index (χ1n) is 6.43. The molecule has 0 aromatic heterocycles. The van der Waals surface area contributed by atoms with Crippen LogP contribution in [-0.2, 0) is 4.74 Å². The van der Waals surface area contributed by atoms with Crippen LogP contribution in [0.2, 0.25) is 0 Å². The summed E-state index contributed by atoms with van der Waals surface area (Å²) in [5.41, 5.74) is 0.176. The number of carboxylic acid groups (broad SMARTS) is 1. The average Bonchev–Trinajstić information content (AvgIpc) is 2.45. The molecule has 0 radical (unpaired) electrons. The van der Waals surface area contributed by atoms with Crippen molar-refractivity contribution in [2.45, 2.75) is 6.92 Å². The number of rotatable bonds is 7. The molecule has 0 aliphatic carbocycles.